The number of hydrogen-bond donors (Lipinski definition) is 1. The van der Waals surface area contributed by atoms with Crippen molar-refractivity contribution < 1.29 is 22.7 Å². The second kappa shape index (κ2) is 10.3. The SMILES string of the molecule is Cc1cc(C)c(NC(=O)COC(=O)c2ccc(S(=O)(=O)N3CCCCCC3)cc2)c(C)c1. The number of aryl methyl sites for hydroxylation is 3. The zero-order chi connectivity index (χ0) is 23.3. The second-order valence-corrected chi connectivity index (χ2v) is 10.2. The van der Waals surface area contributed by atoms with E-state index >= 15 is 0 Å². The van der Waals surface area contributed by atoms with Gasteiger partial charge in [0.15, 0.2) is 6.61 Å². The van der Waals surface area contributed by atoms with Crippen LogP contribution >= 0.6 is 0 Å². The molecule has 0 bridgehead atoms. The number of anilines is 1. The molecule has 7 nitrogen and oxygen atoms in total. The van der Waals surface area contributed by atoms with E-state index in [2.05, 4.69) is 5.32 Å². The van der Waals surface area contributed by atoms with Gasteiger partial charge in [-0.3, -0.25) is 4.79 Å². The third-order valence-electron chi connectivity index (χ3n) is 5.57. The summed E-state index contributed by atoms with van der Waals surface area (Å²) in [6.07, 6.45) is 3.78. The smallest absolute Gasteiger partial charge is 0.338 e. The number of hydrogen-bond acceptors (Lipinski definition) is 5. The Hall–Kier alpha value is -2.71. The van der Waals surface area contributed by atoms with Crippen molar-refractivity contribution in [3.63, 3.8) is 0 Å². The fraction of sp³-hybridized carbons (Fsp3) is 0.417. The van der Waals surface area contributed by atoms with Crippen molar-refractivity contribution in [2.75, 3.05) is 25.0 Å². The van der Waals surface area contributed by atoms with Crippen molar-refractivity contribution in [1.82, 2.24) is 4.31 Å². The first kappa shape index (κ1) is 23.9. The molecule has 0 spiro atoms. The number of sulfonamides is 1. The van der Waals surface area contributed by atoms with Gasteiger partial charge in [-0.15, -0.1) is 0 Å². The predicted octanol–water partition coefficient (Wildman–Crippen LogP) is 3.97. The molecule has 1 aliphatic heterocycles. The van der Waals surface area contributed by atoms with Crippen LogP contribution in [0, 0.1) is 20.8 Å². The first-order chi connectivity index (χ1) is 15.2. The van der Waals surface area contributed by atoms with Gasteiger partial charge in [-0.25, -0.2) is 13.2 Å². The lowest BCUT2D eigenvalue weighted by Gasteiger charge is -2.20. The first-order valence-electron chi connectivity index (χ1n) is 10.8. The summed E-state index contributed by atoms with van der Waals surface area (Å²) in [6, 6.07) is 9.59. The van der Waals surface area contributed by atoms with Crippen LogP contribution in [0.4, 0.5) is 5.69 Å². The molecule has 1 N–H and O–H groups in total. The molecule has 0 aliphatic carbocycles. The lowest BCUT2D eigenvalue weighted by molar-refractivity contribution is -0.119. The Balaban J connectivity index is 1.59. The number of ether oxygens (including phenoxy) is 1. The van der Waals surface area contributed by atoms with Crippen LogP contribution < -0.4 is 5.32 Å². The number of carbonyl (C=O) groups excluding carboxylic acids is 2. The zero-order valence-corrected chi connectivity index (χ0v) is 19.6. The van der Waals surface area contributed by atoms with E-state index in [1.54, 1.807) is 0 Å². The van der Waals surface area contributed by atoms with Crippen LogP contribution in [0.5, 0.6) is 0 Å². The summed E-state index contributed by atoms with van der Waals surface area (Å²) in [5.41, 5.74) is 3.87. The number of benzene rings is 2. The highest BCUT2D eigenvalue weighted by Gasteiger charge is 2.25. The van der Waals surface area contributed by atoms with Gasteiger partial charge < -0.3 is 10.1 Å². The molecule has 172 valence electrons. The van der Waals surface area contributed by atoms with Gasteiger partial charge in [0.05, 0.1) is 10.5 Å². The summed E-state index contributed by atoms with van der Waals surface area (Å²) in [7, 11) is -3.58. The van der Waals surface area contributed by atoms with E-state index in [4.69, 9.17) is 4.74 Å². The van der Waals surface area contributed by atoms with Crippen LogP contribution in [0.3, 0.4) is 0 Å². The quantitative estimate of drug-likeness (QED) is 0.661. The standard InChI is InChI=1S/C24H30N2O5S/c1-17-14-18(2)23(19(3)15-17)25-22(27)16-31-24(28)20-8-10-21(11-9-20)32(29,30)26-12-6-4-5-7-13-26/h8-11,14-15H,4-7,12-13,16H2,1-3H3,(H,25,27). The van der Waals surface area contributed by atoms with E-state index < -0.39 is 28.5 Å². The number of rotatable bonds is 6. The van der Waals surface area contributed by atoms with Gasteiger partial charge in [-0.1, -0.05) is 30.5 Å². The van der Waals surface area contributed by atoms with Gasteiger partial charge in [0, 0.05) is 18.8 Å². The maximum Gasteiger partial charge on any atom is 0.338 e. The fourth-order valence-corrected chi connectivity index (χ4v) is 5.48. The van der Waals surface area contributed by atoms with E-state index in [0.29, 0.717) is 18.8 Å². The van der Waals surface area contributed by atoms with Gasteiger partial charge in [-0.2, -0.15) is 4.31 Å². The van der Waals surface area contributed by atoms with Crippen LogP contribution in [0.2, 0.25) is 0 Å². The molecular weight excluding hydrogens is 428 g/mol. The Kier molecular flexibility index (Phi) is 7.69. The second-order valence-electron chi connectivity index (χ2n) is 8.24. The maximum absolute atomic E-state index is 12.8. The molecule has 32 heavy (non-hydrogen) atoms. The van der Waals surface area contributed by atoms with Gasteiger partial charge in [-0.05, 0) is 69.0 Å². The summed E-state index contributed by atoms with van der Waals surface area (Å²) in [6.45, 7) is 6.39. The minimum atomic E-state index is -3.58. The number of nitrogens with zero attached hydrogens (tertiary/aromatic N) is 1. The average Bonchev–Trinajstić information content (AvgIpc) is 3.05. The molecule has 0 aromatic heterocycles. The third kappa shape index (κ3) is 5.75. The molecular formula is C24H30N2O5S. The fourth-order valence-electron chi connectivity index (χ4n) is 3.96. The molecule has 0 radical (unpaired) electrons. The monoisotopic (exact) mass is 458 g/mol. The van der Waals surface area contributed by atoms with Crippen molar-refractivity contribution in [3.8, 4) is 0 Å². The molecule has 1 fully saturated rings. The molecule has 1 heterocycles. The lowest BCUT2D eigenvalue weighted by atomic mass is 10.1. The largest absolute Gasteiger partial charge is 0.452 e. The normalized spacial score (nSPS) is 15.1. The van der Waals surface area contributed by atoms with Gasteiger partial charge in [0.2, 0.25) is 10.0 Å². The molecule has 0 unspecified atom stereocenters. The summed E-state index contributed by atoms with van der Waals surface area (Å²) in [5, 5.41) is 2.78. The topological polar surface area (TPSA) is 92.8 Å². The van der Waals surface area contributed by atoms with Crippen molar-refractivity contribution in [2.24, 2.45) is 0 Å². The highest BCUT2D eigenvalue weighted by Crippen LogP contribution is 2.22. The van der Waals surface area contributed by atoms with E-state index in [9.17, 15) is 18.0 Å². The van der Waals surface area contributed by atoms with Gasteiger partial charge >= 0.3 is 5.97 Å². The van der Waals surface area contributed by atoms with Crippen molar-refractivity contribution in [1.29, 1.82) is 0 Å². The third-order valence-corrected chi connectivity index (χ3v) is 7.48. The van der Waals surface area contributed by atoms with Crippen molar-refractivity contribution in [2.45, 2.75) is 51.3 Å². The molecule has 2 aromatic rings. The molecule has 8 heteroatoms. The molecule has 3 rings (SSSR count). The maximum atomic E-state index is 12.8. The van der Waals surface area contributed by atoms with E-state index in [0.717, 1.165) is 42.4 Å². The minimum Gasteiger partial charge on any atom is -0.452 e. The number of esters is 1. The molecule has 2 aromatic carbocycles. The summed E-state index contributed by atoms with van der Waals surface area (Å²) in [5.74, 6) is -1.12. The van der Waals surface area contributed by atoms with Gasteiger partial charge in [0.25, 0.3) is 5.91 Å². The lowest BCUT2D eigenvalue weighted by Crippen LogP contribution is -2.31. The Morgan fingerprint density at radius 3 is 2.06 bits per heavy atom. The summed E-state index contributed by atoms with van der Waals surface area (Å²) in [4.78, 5) is 24.7. The van der Waals surface area contributed by atoms with E-state index in [-0.39, 0.29) is 10.5 Å². The van der Waals surface area contributed by atoms with Crippen LogP contribution in [0.15, 0.2) is 41.3 Å². The number of amides is 1. The van der Waals surface area contributed by atoms with E-state index in [1.165, 1.54) is 28.6 Å². The minimum absolute atomic E-state index is 0.152. The highest BCUT2D eigenvalue weighted by atomic mass is 32.2. The first-order valence-corrected chi connectivity index (χ1v) is 12.3. The molecule has 1 saturated heterocycles. The number of nitrogens with one attached hydrogen (secondary N) is 1. The molecule has 0 atom stereocenters. The Morgan fingerprint density at radius 1 is 0.938 bits per heavy atom. The zero-order valence-electron chi connectivity index (χ0n) is 18.8. The Labute approximate surface area is 189 Å². The molecule has 1 amide bonds. The van der Waals surface area contributed by atoms with Crippen molar-refractivity contribution >= 4 is 27.6 Å². The summed E-state index contributed by atoms with van der Waals surface area (Å²) >= 11 is 0. The highest BCUT2D eigenvalue weighted by molar-refractivity contribution is 7.89. The average molecular weight is 459 g/mol. The van der Waals surface area contributed by atoms with Crippen LogP contribution in [-0.2, 0) is 19.6 Å². The van der Waals surface area contributed by atoms with E-state index in [1.807, 2.05) is 32.9 Å². The molecule has 1 aliphatic rings. The Morgan fingerprint density at radius 2 is 1.50 bits per heavy atom. The van der Waals surface area contributed by atoms with Crippen LogP contribution in [-0.4, -0.2) is 44.3 Å². The Bertz CT molecular complexity index is 1060. The van der Waals surface area contributed by atoms with Crippen LogP contribution in [0.25, 0.3) is 0 Å². The van der Waals surface area contributed by atoms with Gasteiger partial charge in [0.1, 0.15) is 0 Å². The van der Waals surface area contributed by atoms with Crippen molar-refractivity contribution in [3.05, 3.63) is 58.7 Å². The van der Waals surface area contributed by atoms with Crippen LogP contribution in [0.1, 0.15) is 52.7 Å². The number of carbonyl (C=O) groups is 2. The predicted molar refractivity (Wildman–Crippen MR) is 123 cm³/mol. The molecule has 0 saturated carbocycles. The summed E-state index contributed by atoms with van der Waals surface area (Å²) < 4.78 is 32.3.